The minimum Gasteiger partial charge on any atom is -0.342 e. The molecule has 1 N–H and O–H groups in total. The van der Waals surface area contributed by atoms with Crippen molar-refractivity contribution in [2.45, 2.75) is 50.9 Å². The zero-order valence-corrected chi connectivity index (χ0v) is 16.1. The van der Waals surface area contributed by atoms with Gasteiger partial charge in [-0.1, -0.05) is 42.7 Å². The van der Waals surface area contributed by atoms with Crippen molar-refractivity contribution in [2.24, 2.45) is 11.8 Å². The molecule has 3 fully saturated rings. The monoisotopic (exact) mass is 362 g/mol. The first-order valence-corrected chi connectivity index (χ1v) is 9.76. The lowest BCUT2D eigenvalue weighted by Gasteiger charge is -2.35. The highest BCUT2D eigenvalue weighted by atomic mass is 35.5. The summed E-state index contributed by atoms with van der Waals surface area (Å²) in [6, 6.07) is 8.69. The molecule has 0 aromatic heterocycles. The Balaban J connectivity index is 0.00000182. The predicted octanol–water partition coefficient (Wildman–Crippen LogP) is 3.69. The molecule has 1 aromatic carbocycles. The molecule has 2 aliphatic heterocycles. The van der Waals surface area contributed by atoms with E-state index >= 15 is 0 Å². The first-order valence-electron chi connectivity index (χ1n) is 9.76. The van der Waals surface area contributed by atoms with Crippen molar-refractivity contribution in [3.63, 3.8) is 0 Å². The van der Waals surface area contributed by atoms with Crippen LogP contribution in [0.2, 0.25) is 0 Å². The van der Waals surface area contributed by atoms with Gasteiger partial charge < -0.3 is 10.2 Å². The lowest BCUT2D eigenvalue weighted by molar-refractivity contribution is -0.137. The normalized spacial score (nSPS) is 28.1. The van der Waals surface area contributed by atoms with Gasteiger partial charge in [0.15, 0.2) is 0 Å². The van der Waals surface area contributed by atoms with Crippen LogP contribution in [0.5, 0.6) is 0 Å². The van der Waals surface area contributed by atoms with E-state index in [1.807, 2.05) is 0 Å². The van der Waals surface area contributed by atoms with Crippen LogP contribution in [0.3, 0.4) is 0 Å². The van der Waals surface area contributed by atoms with Gasteiger partial charge >= 0.3 is 0 Å². The highest BCUT2D eigenvalue weighted by Gasteiger charge is 2.45. The SMILES string of the molecule is Cc1cccc(C2(C(=O)N3CCC4CNCC4CC3)CCCC2)c1.Cl. The second-order valence-corrected chi connectivity index (χ2v) is 8.21. The van der Waals surface area contributed by atoms with Gasteiger partial charge in [0.25, 0.3) is 0 Å². The number of fused-ring (bicyclic) bond motifs is 1. The number of hydrogen-bond donors (Lipinski definition) is 1. The number of aryl methyl sites for hydroxylation is 1. The van der Waals surface area contributed by atoms with E-state index in [1.165, 1.54) is 36.8 Å². The molecule has 2 unspecified atom stereocenters. The fourth-order valence-electron chi connectivity index (χ4n) is 5.27. The summed E-state index contributed by atoms with van der Waals surface area (Å²) >= 11 is 0. The third-order valence-electron chi connectivity index (χ3n) is 6.74. The van der Waals surface area contributed by atoms with Gasteiger partial charge in [0.1, 0.15) is 0 Å². The van der Waals surface area contributed by atoms with Gasteiger partial charge in [0.2, 0.25) is 5.91 Å². The van der Waals surface area contributed by atoms with Crippen LogP contribution in [0.4, 0.5) is 0 Å². The Kier molecular flexibility index (Phi) is 5.75. The van der Waals surface area contributed by atoms with E-state index in [0.717, 1.165) is 50.9 Å². The summed E-state index contributed by atoms with van der Waals surface area (Å²) in [5, 5.41) is 3.53. The summed E-state index contributed by atoms with van der Waals surface area (Å²) < 4.78 is 0. The Labute approximate surface area is 158 Å². The maximum Gasteiger partial charge on any atom is 0.233 e. The van der Waals surface area contributed by atoms with Gasteiger partial charge in [-0.3, -0.25) is 4.79 Å². The molecule has 0 radical (unpaired) electrons. The molecule has 2 heterocycles. The van der Waals surface area contributed by atoms with Crippen molar-refractivity contribution in [2.75, 3.05) is 26.2 Å². The van der Waals surface area contributed by atoms with E-state index in [9.17, 15) is 4.79 Å². The number of nitrogens with zero attached hydrogens (tertiary/aromatic N) is 1. The first kappa shape index (κ1) is 18.7. The molecular weight excluding hydrogens is 332 g/mol. The number of halogens is 1. The summed E-state index contributed by atoms with van der Waals surface area (Å²) in [6.07, 6.45) is 6.77. The number of nitrogens with one attached hydrogen (secondary N) is 1. The van der Waals surface area contributed by atoms with Gasteiger partial charge in [-0.15, -0.1) is 12.4 Å². The molecule has 1 aromatic rings. The molecule has 4 heteroatoms. The van der Waals surface area contributed by atoms with Crippen molar-refractivity contribution in [3.05, 3.63) is 35.4 Å². The quantitative estimate of drug-likeness (QED) is 0.870. The van der Waals surface area contributed by atoms with Crippen molar-refractivity contribution < 1.29 is 4.79 Å². The van der Waals surface area contributed by atoms with E-state index in [2.05, 4.69) is 41.4 Å². The number of hydrogen-bond acceptors (Lipinski definition) is 2. The average molecular weight is 363 g/mol. The van der Waals surface area contributed by atoms with Crippen molar-refractivity contribution in [1.29, 1.82) is 0 Å². The molecule has 1 amide bonds. The highest BCUT2D eigenvalue weighted by Crippen LogP contribution is 2.43. The number of benzene rings is 1. The number of carbonyl (C=O) groups excluding carboxylic acids is 1. The fraction of sp³-hybridized carbons (Fsp3) is 0.667. The summed E-state index contributed by atoms with van der Waals surface area (Å²) in [6.45, 7) is 6.34. The van der Waals surface area contributed by atoms with Crippen LogP contribution in [0.15, 0.2) is 24.3 Å². The highest BCUT2D eigenvalue weighted by molar-refractivity contribution is 5.88. The Morgan fingerprint density at radius 2 is 1.76 bits per heavy atom. The smallest absolute Gasteiger partial charge is 0.233 e. The Morgan fingerprint density at radius 1 is 1.12 bits per heavy atom. The molecule has 3 nitrogen and oxygen atoms in total. The number of amides is 1. The van der Waals surface area contributed by atoms with E-state index in [4.69, 9.17) is 0 Å². The number of carbonyl (C=O) groups is 1. The molecule has 1 aliphatic carbocycles. The standard InChI is InChI=1S/C21H30N2O.ClH/c1-16-5-4-6-19(13-16)21(9-2-3-10-21)20(24)23-11-7-17-14-22-15-18(17)8-12-23;/h4-6,13,17-18,22H,2-3,7-12,14-15H2,1H3;1H. The van der Waals surface area contributed by atoms with Gasteiger partial charge in [0.05, 0.1) is 5.41 Å². The van der Waals surface area contributed by atoms with Crippen LogP contribution in [-0.4, -0.2) is 37.0 Å². The molecule has 3 aliphatic rings. The molecule has 0 bridgehead atoms. The maximum atomic E-state index is 13.6. The Morgan fingerprint density at radius 3 is 2.36 bits per heavy atom. The zero-order chi connectivity index (χ0) is 16.6. The molecular formula is C21H31ClN2O. The van der Waals surface area contributed by atoms with Crippen LogP contribution in [0, 0.1) is 18.8 Å². The third kappa shape index (κ3) is 3.46. The van der Waals surface area contributed by atoms with E-state index < -0.39 is 0 Å². The topological polar surface area (TPSA) is 32.3 Å². The van der Waals surface area contributed by atoms with Gasteiger partial charge in [-0.25, -0.2) is 0 Å². The lowest BCUT2D eigenvalue weighted by atomic mass is 9.77. The van der Waals surface area contributed by atoms with Crippen molar-refractivity contribution >= 4 is 18.3 Å². The average Bonchev–Trinajstić information content (AvgIpc) is 3.21. The maximum absolute atomic E-state index is 13.6. The molecule has 4 rings (SSSR count). The lowest BCUT2D eigenvalue weighted by Crippen LogP contribution is -2.46. The van der Waals surface area contributed by atoms with Crippen LogP contribution in [-0.2, 0) is 10.2 Å². The largest absolute Gasteiger partial charge is 0.342 e. The number of rotatable bonds is 2. The van der Waals surface area contributed by atoms with E-state index in [1.54, 1.807) is 0 Å². The van der Waals surface area contributed by atoms with Crippen LogP contribution in [0.25, 0.3) is 0 Å². The van der Waals surface area contributed by atoms with E-state index in [0.29, 0.717) is 5.91 Å². The van der Waals surface area contributed by atoms with Crippen LogP contribution < -0.4 is 5.32 Å². The first-order chi connectivity index (χ1) is 11.7. The third-order valence-corrected chi connectivity index (χ3v) is 6.74. The molecule has 2 atom stereocenters. The van der Waals surface area contributed by atoms with Crippen molar-refractivity contribution in [1.82, 2.24) is 10.2 Å². The summed E-state index contributed by atoms with van der Waals surface area (Å²) in [4.78, 5) is 15.8. The second kappa shape index (κ2) is 7.67. The van der Waals surface area contributed by atoms with Gasteiger partial charge in [-0.2, -0.15) is 0 Å². The molecule has 0 spiro atoms. The van der Waals surface area contributed by atoms with Crippen molar-refractivity contribution in [3.8, 4) is 0 Å². The summed E-state index contributed by atoms with van der Waals surface area (Å²) in [5.41, 5.74) is 2.28. The minimum atomic E-state index is -0.246. The van der Waals surface area contributed by atoms with E-state index in [-0.39, 0.29) is 17.8 Å². The number of likely N-dealkylation sites (tertiary alicyclic amines) is 1. The van der Waals surface area contributed by atoms with Gasteiger partial charge in [-0.05, 0) is 63.1 Å². The molecule has 1 saturated carbocycles. The molecule has 25 heavy (non-hydrogen) atoms. The van der Waals surface area contributed by atoms with Crippen LogP contribution >= 0.6 is 12.4 Å². The summed E-state index contributed by atoms with van der Waals surface area (Å²) in [5.74, 6) is 1.97. The fourth-order valence-corrected chi connectivity index (χ4v) is 5.27. The predicted molar refractivity (Wildman–Crippen MR) is 104 cm³/mol. The Hall–Kier alpha value is -1.06. The molecule has 2 saturated heterocycles. The molecule has 138 valence electrons. The Bertz CT molecular complexity index is 598. The van der Waals surface area contributed by atoms with Crippen LogP contribution in [0.1, 0.15) is 49.7 Å². The minimum absolute atomic E-state index is 0. The second-order valence-electron chi connectivity index (χ2n) is 8.21. The van der Waals surface area contributed by atoms with Gasteiger partial charge in [0, 0.05) is 13.1 Å². The summed E-state index contributed by atoms with van der Waals surface area (Å²) in [7, 11) is 0. The zero-order valence-electron chi connectivity index (χ0n) is 15.3.